The van der Waals surface area contributed by atoms with Crippen molar-refractivity contribution in [3.8, 4) is 11.8 Å². The summed E-state index contributed by atoms with van der Waals surface area (Å²) in [5.74, 6) is 1.20. The second-order valence-corrected chi connectivity index (χ2v) is 9.40. The van der Waals surface area contributed by atoms with Gasteiger partial charge in [0, 0.05) is 48.8 Å². The van der Waals surface area contributed by atoms with E-state index in [-0.39, 0.29) is 24.6 Å². The maximum Gasteiger partial charge on any atom is 0.248 e. The van der Waals surface area contributed by atoms with Gasteiger partial charge in [-0.25, -0.2) is 4.98 Å². The lowest BCUT2D eigenvalue weighted by atomic mass is 9.75. The molecule has 172 valence electrons. The molecule has 3 aliphatic rings. The summed E-state index contributed by atoms with van der Waals surface area (Å²) in [7, 11) is 1.63. The van der Waals surface area contributed by atoms with E-state index in [1.54, 1.807) is 19.5 Å². The number of hydrogen-bond acceptors (Lipinski definition) is 7. The van der Waals surface area contributed by atoms with Gasteiger partial charge in [-0.2, -0.15) is 5.26 Å². The molecule has 2 unspecified atom stereocenters. The fraction of sp³-hybridized carbons (Fsp3) is 0.520. The number of carbonyl (C=O) groups excluding carboxylic acids is 1. The van der Waals surface area contributed by atoms with E-state index in [0.717, 1.165) is 36.9 Å². The zero-order valence-corrected chi connectivity index (χ0v) is 19.1. The van der Waals surface area contributed by atoms with Crippen molar-refractivity contribution in [3.63, 3.8) is 0 Å². The summed E-state index contributed by atoms with van der Waals surface area (Å²) in [6.45, 7) is 3.64. The Labute approximate surface area is 194 Å². The molecule has 2 aromatic rings. The number of fused-ring (bicyclic) bond motifs is 2. The summed E-state index contributed by atoms with van der Waals surface area (Å²) < 4.78 is 11.6. The van der Waals surface area contributed by atoms with Gasteiger partial charge in [0.1, 0.15) is 24.1 Å². The predicted molar refractivity (Wildman–Crippen MR) is 122 cm³/mol. The lowest BCUT2D eigenvalue weighted by molar-refractivity contribution is -0.154. The van der Waals surface area contributed by atoms with Crippen LogP contribution in [0.1, 0.15) is 43.9 Å². The Morgan fingerprint density at radius 1 is 1.30 bits per heavy atom. The standard InChI is InChI=1S/C25H29N5O3/c1-17-8-21-14-29(15-23(17)30(21)20-4-7-28-19(10-20)11-26)24(31)16-33-25(5-3-6-25)18-9-22(32-2)13-27-12-18/h4,7,9-10,12-13,17,21,23H,3,5-6,8,14-16H2,1-2H3/t17-,21?,23?/m0/s1. The van der Waals surface area contributed by atoms with Gasteiger partial charge in [0.05, 0.1) is 18.9 Å². The number of carbonyl (C=O) groups is 1. The van der Waals surface area contributed by atoms with E-state index in [2.05, 4.69) is 27.9 Å². The van der Waals surface area contributed by atoms with E-state index >= 15 is 0 Å². The van der Waals surface area contributed by atoms with Crippen molar-refractivity contribution in [2.24, 2.45) is 5.92 Å². The quantitative estimate of drug-likeness (QED) is 0.672. The SMILES string of the molecule is COc1cncc(C2(OCC(=O)N3CC4C[C@H](C)C(C3)N4c3ccnc(C#N)c3)CCC2)c1. The lowest BCUT2D eigenvalue weighted by Crippen LogP contribution is -2.57. The normalized spacial score (nSPS) is 25.3. The molecule has 1 saturated carbocycles. The molecule has 0 radical (unpaired) electrons. The molecular formula is C25H29N5O3. The van der Waals surface area contributed by atoms with Crippen LogP contribution < -0.4 is 9.64 Å². The van der Waals surface area contributed by atoms with Crippen molar-refractivity contribution < 1.29 is 14.3 Å². The Morgan fingerprint density at radius 3 is 2.85 bits per heavy atom. The van der Waals surface area contributed by atoms with Crippen LogP contribution in [0.25, 0.3) is 0 Å². The smallest absolute Gasteiger partial charge is 0.248 e. The van der Waals surface area contributed by atoms with Gasteiger partial charge in [-0.1, -0.05) is 6.92 Å². The monoisotopic (exact) mass is 447 g/mol. The Bertz CT molecular complexity index is 1080. The lowest BCUT2D eigenvalue weighted by Gasteiger charge is -2.44. The first-order valence-corrected chi connectivity index (χ1v) is 11.6. The van der Waals surface area contributed by atoms with Crippen molar-refractivity contribution >= 4 is 11.6 Å². The summed E-state index contributed by atoms with van der Waals surface area (Å²) >= 11 is 0. The summed E-state index contributed by atoms with van der Waals surface area (Å²) in [6.07, 6.45) is 9.05. The molecule has 1 aliphatic carbocycles. The van der Waals surface area contributed by atoms with Crippen molar-refractivity contribution in [2.75, 3.05) is 31.7 Å². The molecule has 33 heavy (non-hydrogen) atoms. The van der Waals surface area contributed by atoms with E-state index in [0.29, 0.717) is 30.5 Å². The van der Waals surface area contributed by atoms with Gasteiger partial charge in [0.2, 0.25) is 5.91 Å². The number of amides is 1. The van der Waals surface area contributed by atoms with Gasteiger partial charge in [-0.05, 0) is 49.8 Å². The molecule has 2 bridgehead atoms. The number of ether oxygens (including phenoxy) is 2. The summed E-state index contributed by atoms with van der Waals surface area (Å²) in [5.41, 5.74) is 1.97. The average Bonchev–Trinajstić information content (AvgIpc) is 3.02. The molecule has 3 fully saturated rings. The van der Waals surface area contributed by atoms with E-state index in [9.17, 15) is 10.1 Å². The van der Waals surface area contributed by atoms with Crippen molar-refractivity contribution in [1.29, 1.82) is 5.26 Å². The Morgan fingerprint density at radius 2 is 2.15 bits per heavy atom. The molecule has 8 heteroatoms. The number of pyridine rings is 2. The van der Waals surface area contributed by atoms with E-state index < -0.39 is 5.60 Å². The first-order chi connectivity index (χ1) is 16.0. The van der Waals surface area contributed by atoms with Crippen LogP contribution >= 0.6 is 0 Å². The molecule has 3 atom stereocenters. The van der Waals surface area contributed by atoms with Crippen LogP contribution in [0.2, 0.25) is 0 Å². The van der Waals surface area contributed by atoms with Crippen LogP contribution in [-0.2, 0) is 15.1 Å². The third kappa shape index (κ3) is 3.91. The Hall–Kier alpha value is -3.18. The van der Waals surface area contributed by atoms with Crippen LogP contribution in [0.15, 0.2) is 36.8 Å². The molecule has 1 amide bonds. The van der Waals surface area contributed by atoms with Gasteiger partial charge in [-0.15, -0.1) is 0 Å². The van der Waals surface area contributed by atoms with Gasteiger partial charge in [0.25, 0.3) is 0 Å². The second-order valence-electron chi connectivity index (χ2n) is 9.40. The minimum atomic E-state index is -0.448. The topological polar surface area (TPSA) is 91.6 Å². The van der Waals surface area contributed by atoms with Crippen LogP contribution in [0, 0.1) is 17.2 Å². The molecule has 8 nitrogen and oxygen atoms in total. The van der Waals surface area contributed by atoms with Crippen molar-refractivity contribution in [2.45, 2.75) is 50.3 Å². The highest BCUT2D eigenvalue weighted by molar-refractivity contribution is 5.78. The summed E-state index contributed by atoms with van der Waals surface area (Å²) in [4.78, 5) is 25.9. The van der Waals surface area contributed by atoms with Crippen LogP contribution in [0.4, 0.5) is 5.69 Å². The highest BCUT2D eigenvalue weighted by atomic mass is 16.5. The zero-order valence-electron chi connectivity index (χ0n) is 19.1. The minimum absolute atomic E-state index is 0.0355. The van der Waals surface area contributed by atoms with Crippen LogP contribution in [0.5, 0.6) is 5.75 Å². The highest BCUT2D eigenvalue weighted by Crippen LogP contribution is 2.45. The number of rotatable bonds is 6. The molecular weight excluding hydrogens is 418 g/mol. The third-order valence-corrected chi connectivity index (χ3v) is 7.51. The Balaban J connectivity index is 1.27. The van der Waals surface area contributed by atoms with Crippen molar-refractivity contribution in [3.05, 3.63) is 48.0 Å². The fourth-order valence-corrected chi connectivity index (χ4v) is 5.56. The van der Waals surface area contributed by atoms with Gasteiger partial charge >= 0.3 is 0 Å². The fourth-order valence-electron chi connectivity index (χ4n) is 5.56. The zero-order chi connectivity index (χ0) is 23.0. The molecule has 2 saturated heterocycles. The van der Waals surface area contributed by atoms with Crippen LogP contribution in [0.3, 0.4) is 0 Å². The first-order valence-electron chi connectivity index (χ1n) is 11.6. The number of anilines is 1. The summed E-state index contributed by atoms with van der Waals surface area (Å²) in [6, 6.07) is 8.35. The second kappa shape index (κ2) is 8.64. The average molecular weight is 448 g/mol. The molecule has 0 aromatic carbocycles. The Kier molecular flexibility index (Phi) is 5.67. The van der Waals surface area contributed by atoms with Crippen LogP contribution in [-0.4, -0.2) is 59.7 Å². The molecule has 2 aromatic heterocycles. The first kappa shape index (κ1) is 21.7. The largest absolute Gasteiger partial charge is 0.495 e. The van der Waals surface area contributed by atoms with Gasteiger partial charge in [-0.3, -0.25) is 9.78 Å². The number of hydrogen-bond donors (Lipinski definition) is 0. The number of methoxy groups -OCH3 is 1. The molecule has 4 heterocycles. The number of nitrogens with zero attached hydrogens (tertiary/aromatic N) is 5. The third-order valence-electron chi connectivity index (χ3n) is 7.51. The van der Waals surface area contributed by atoms with Crippen molar-refractivity contribution in [1.82, 2.24) is 14.9 Å². The number of aromatic nitrogens is 2. The number of piperazine rings is 1. The molecule has 5 rings (SSSR count). The van der Waals surface area contributed by atoms with Gasteiger partial charge in [0.15, 0.2) is 0 Å². The molecule has 0 spiro atoms. The molecule has 2 aliphatic heterocycles. The van der Waals surface area contributed by atoms with E-state index in [4.69, 9.17) is 9.47 Å². The summed E-state index contributed by atoms with van der Waals surface area (Å²) in [5, 5.41) is 9.23. The van der Waals surface area contributed by atoms with E-state index in [1.807, 2.05) is 29.3 Å². The maximum absolute atomic E-state index is 13.2. The number of nitriles is 1. The minimum Gasteiger partial charge on any atom is -0.495 e. The molecule has 0 N–H and O–H groups in total. The highest BCUT2D eigenvalue weighted by Gasteiger charge is 2.46. The van der Waals surface area contributed by atoms with Gasteiger partial charge < -0.3 is 19.3 Å². The predicted octanol–water partition coefficient (Wildman–Crippen LogP) is 2.88. The maximum atomic E-state index is 13.2. The number of likely N-dealkylation sites (tertiary alicyclic amines) is 1. The van der Waals surface area contributed by atoms with E-state index in [1.165, 1.54) is 0 Å².